The molecule has 7 nitrogen and oxygen atoms in total. The van der Waals surface area contributed by atoms with Crippen LogP contribution in [0.3, 0.4) is 0 Å². The molecular weight excluding hydrogens is 441 g/mol. The van der Waals surface area contributed by atoms with Crippen LogP contribution in [-0.2, 0) is 14.3 Å². The van der Waals surface area contributed by atoms with Gasteiger partial charge in [-0.05, 0) is 55.3 Å². The molecule has 0 spiro atoms. The number of imide groups is 1. The molecule has 0 saturated heterocycles. The van der Waals surface area contributed by atoms with Gasteiger partial charge in [-0.1, -0.05) is 12.1 Å². The number of nitrogens with zero attached hydrogens (tertiary/aromatic N) is 1. The van der Waals surface area contributed by atoms with Gasteiger partial charge in [-0.15, -0.1) is 13.2 Å². The zero-order valence-electron chi connectivity index (χ0n) is 18.1. The van der Waals surface area contributed by atoms with E-state index in [-0.39, 0.29) is 17.8 Å². The fourth-order valence-electron chi connectivity index (χ4n) is 3.30. The van der Waals surface area contributed by atoms with Crippen LogP contribution in [0.4, 0.5) is 18.9 Å². The Morgan fingerprint density at radius 2 is 1.58 bits per heavy atom. The number of alkyl halides is 3. The van der Waals surface area contributed by atoms with Crippen molar-refractivity contribution in [1.29, 1.82) is 0 Å². The molecule has 0 fully saturated rings. The molecule has 0 aromatic heterocycles. The topological polar surface area (TPSA) is 77.1 Å². The van der Waals surface area contributed by atoms with Gasteiger partial charge < -0.3 is 19.5 Å². The Bertz CT molecular complexity index is 1020. The van der Waals surface area contributed by atoms with Gasteiger partial charge >= 0.3 is 6.36 Å². The summed E-state index contributed by atoms with van der Waals surface area (Å²) < 4.78 is 51.5. The van der Waals surface area contributed by atoms with Crippen LogP contribution in [0.5, 0.6) is 11.5 Å². The van der Waals surface area contributed by atoms with Crippen molar-refractivity contribution in [3.8, 4) is 11.5 Å². The maximum absolute atomic E-state index is 13.1. The number of carbonyl (C=O) groups excluding carboxylic acids is 2. The maximum Gasteiger partial charge on any atom is 0.573 e. The Hall–Kier alpha value is -3.53. The van der Waals surface area contributed by atoms with Gasteiger partial charge in [0.25, 0.3) is 11.8 Å². The van der Waals surface area contributed by atoms with E-state index in [1.54, 1.807) is 24.3 Å². The van der Waals surface area contributed by atoms with Crippen molar-refractivity contribution in [2.24, 2.45) is 0 Å². The maximum atomic E-state index is 13.1. The average Bonchev–Trinajstić information content (AvgIpc) is 2.99. The molecule has 1 aliphatic heterocycles. The molecule has 33 heavy (non-hydrogen) atoms. The lowest BCUT2D eigenvalue weighted by Gasteiger charge is -2.15. The number of benzene rings is 2. The highest BCUT2D eigenvalue weighted by atomic mass is 19.4. The Morgan fingerprint density at radius 3 is 2.15 bits per heavy atom. The first-order valence-corrected chi connectivity index (χ1v) is 10.2. The van der Waals surface area contributed by atoms with Crippen LogP contribution < -0.4 is 14.8 Å². The highest BCUT2D eigenvalue weighted by Gasteiger charge is 2.39. The van der Waals surface area contributed by atoms with Crippen LogP contribution in [0.15, 0.2) is 54.2 Å². The number of rotatable bonds is 10. The van der Waals surface area contributed by atoms with Crippen molar-refractivity contribution in [1.82, 2.24) is 4.90 Å². The summed E-state index contributed by atoms with van der Waals surface area (Å²) in [5.41, 5.74) is 1.02. The number of methoxy groups -OCH3 is 1. The molecule has 0 bridgehead atoms. The van der Waals surface area contributed by atoms with Gasteiger partial charge in [0, 0.05) is 25.9 Å². The molecule has 0 radical (unpaired) electrons. The third-order valence-corrected chi connectivity index (χ3v) is 4.71. The van der Waals surface area contributed by atoms with Crippen molar-refractivity contribution in [3.05, 3.63) is 59.8 Å². The molecule has 0 saturated carbocycles. The van der Waals surface area contributed by atoms with E-state index in [1.165, 1.54) is 19.2 Å². The minimum Gasteiger partial charge on any atom is -0.494 e. The van der Waals surface area contributed by atoms with Gasteiger partial charge in [0.15, 0.2) is 0 Å². The number of hydrogen-bond acceptors (Lipinski definition) is 6. The predicted octanol–water partition coefficient (Wildman–Crippen LogP) is 4.21. The molecule has 10 heteroatoms. The lowest BCUT2D eigenvalue weighted by Crippen LogP contribution is -2.33. The summed E-state index contributed by atoms with van der Waals surface area (Å²) in [7, 11) is 1.52. The van der Waals surface area contributed by atoms with E-state index >= 15 is 0 Å². The van der Waals surface area contributed by atoms with Crippen LogP contribution in [-0.4, -0.2) is 49.9 Å². The third kappa shape index (κ3) is 6.04. The van der Waals surface area contributed by atoms with Crippen LogP contribution in [0.1, 0.15) is 18.9 Å². The summed E-state index contributed by atoms with van der Waals surface area (Å²) in [6.45, 7) is 2.86. The monoisotopic (exact) mass is 464 g/mol. The number of hydrogen-bond donors (Lipinski definition) is 1. The molecule has 0 atom stereocenters. The zero-order chi connectivity index (χ0) is 24.0. The highest BCUT2D eigenvalue weighted by molar-refractivity contribution is 6.36. The number of halogens is 3. The van der Waals surface area contributed by atoms with Crippen LogP contribution in [0, 0.1) is 0 Å². The highest BCUT2D eigenvalue weighted by Crippen LogP contribution is 2.32. The van der Waals surface area contributed by atoms with E-state index in [0.29, 0.717) is 36.6 Å². The molecule has 1 aliphatic rings. The molecule has 1 heterocycles. The van der Waals surface area contributed by atoms with Crippen molar-refractivity contribution in [3.63, 3.8) is 0 Å². The van der Waals surface area contributed by atoms with Crippen molar-refractivity contribution < 1.29 is 37.0 Å². The van der Waals surface area contributed by atoms with Gasteiger partial charge in [0.2, 0.25) is 0 Å². The summed E-state index contributed by atoms with van der Waals surface area (Å²) in [4.78, 5) is 27.3. The second-order valence-corrected chi connectivity index (χ2v) is 7.01. The quantitative estimate of drug-likeness (QED) is 0.419. The van der Waals surface area contributed by atoms with Crippen LogP contribution in [0.2, 0.25) is 0 Å². The number of carbonyl (C=O) groups is 2. The SMILES string of the molecule is CCOc1ccc(C2=C(Nc3ccc(OC(F)(F)F)cc3)C(=O)N(CCCOC)C2=O)cc1. The van der Waals surface area contributed by atoms with Gasteiger partial charge in [-0.25, -0.2) is 0 Å². The number of ether oxygens (including phenoxy) is 3. The predicted molar refractivity (Wildman–Crippen MR) is 114 cm³/mol. The normalized spacial score (nSPS) is 14.2. The Balaban J connectivity index is 1.91. The number of amides is 2. The standard InChI is InChI=1S/C23H23F3N2O5/c1-3-32-17-9-5-15(6-10-17)19-20(22(30)28(21(19)29)13-4-14-31-2)27-16-7-11-18(12-8-16)33-23(24,25)26/h5-12,27H,3-4,13-14H2,1-2H3. The second kappa shape index (κ2) is 10.4. The van der Waals surface area contributed by atoms with Crippen molar-refractivity contribution in [2.75, 3.05) is 32.2 Å². The summed E-state index contributed by atoms with van der Waals surface area (Å²) in [5.74, 6) is -0.787. The molecular formula is C23H23F3N2O5. The molecule has 0 unspecified atom stereocenters. The summed E-state index contributed by atoms with van der Waals surface area (Å²) in [6, 6.07) is 11.6. The van der Waals surface area contributed by atoms with Crippen molar-refractivity contribution >= 4 is 23.1 Å². The lowest BCUT2D eigenvalue weighted by molar-refractivity contribution is -0.274. The molecule has 176 valence electrons. The lowest BCUT2D eigenvalue weighted by atomic mass is 10.0. The van der Waals surface area contributed by atoms with Crippen LogP contribution >= 0.6 is 0 Å². The molecule has 0 aliphatic carbocycles. The Morgan fingerprint density at radius 1 is 0.939 bits per heavy atom. The molecule has 3 rings (SSSR count). The van der Waals surface area contributed by atoms with E-state index < -0.39 is 23.9 Å². The number of anilines is 1. The van der Waals surface area contributed by atoms with Gasteiger partial charge in [0.05, 0.1) is 12.2 Å². The number of nitrogens with one attached hydrogen (secondary N) is 1. The Labute approximate surface area is 188 Å². The summed E-state index contributed by atoms with van der Waals surface area (Å²) in [6.07, 6.45) is -4.35. The first kappa shape index (κ1) is 24.1. The Kier molecular flexibility index (Phi) is 7.59. The molecule has 2 aromatic rings. The van der Waals surface area contributed by atoms with E-state index in [4.69, 9.17) is 9.47 Å². The van der Waals surface area contributed by atoms with Gasteiger partial charge in [-0.3, -0.25) is 14.5 Å². The fourth-order valence-corrected chi connectivity index (χ4v) is 3.30. The largest absolute Gasteiger partial charge is 0.573 e. The van der Waals surface area contributed by atoms with Crippen molar-refractivity contribution in [2.45, 2.75) is 19.7 Å². The van der Waals surface area contributed by atoms with E-state index in [1.807, 2.05) is 6.92 Å². The second-order valence-electron chi connectivity index (χ2n) is 7.01. The fraction of sp³-hybridized carbons (Fsp3) is 0.304. The summed E-state index contributed by atoms with van der Waals surface area (Å²) >= 11 is 0. The van der Waals surface area contributed by atoms with E-state index in [2.05, 4.69) is 10.1 Å². The molecule has 1 N–H and O–H groups in total. The average molecular weight is 464 g/mol. The minimum atomic E-state index is -4.81. The molecule has 2 aromatic carbocycles. The minimum absolute atomic E-state index is 0.0334. The third-order valence-electron chi connectivity index (χ3n) is 4.71. The smallest absolute Gasteiger partial charge is 0.494 e. The van der Waals surface area contributed by atoms with Crippen LogP contribution in [0.25, 0.3) is 5.57 Å². The van der Waals surface area contributed by atoms with E-state index in [0.717, 1.165) is 17.0 Å². The zero-order valence-corrected chi connectivity index (χ0v) is 18.1. The first-order valence-electron chi connectivity index (χ1n) is 10.2. The first-order chi connectivity index (χ1) is 15.7. The van der Waals surface area contributed by atoms with E-state index in [9.17, 15) is 22.8 Å². The summed E-state index contributed by atoms with van der Waals surface area (Å²) in [5, 5.41) is 2.89. The molecule has 2 amide bonds. The van der Waals surface area contributed by atoms with Gasteiger partial charge in [-0.2, -0.15) is 0 Å². The van der Waals surface area contributed by atoms with Gasteiger partial charge in [0.1, 0.15) is 17.2 Å².